The van der Waals surface area contributed by atoms with Gasteiger partial charge in [-0.3, -0.25) is 4.79 Å². The summed E-state index contributed by atoms with van der Waals surface area (Å²) in [4.78, 5) is 17.3. The van der Waals surface area contributed by atoms with Crippen LogP contribution in [0, 0.1) is 0 Å². The predicted octanol–water partition coefficient (Wildman–Crippen LogP) is 3.32. The van der Waals surface area contributed by atoms with Crippen molar-refractivity contribution in [3.05, 3.63) is 31.8 Å². The molecule has 2 heterocycles. The fourth-order valence-corrected chi connectivity index (χ4v) is 2.85. The zero-order chi connectivity index (χ0) is 12.3. The van der Waals surface area contributed by atoms with Gasteiger partial charge in [-0.15, -0.1) is 11.3 Å². The maximum absolute atomic E-state index is 12.1. The molecule has 1 aliphatic heterocycles. The number of likely N-dealkylation sites (tertiary alicyclic amines) is 1. The summed E-state index contributed by atoms with van der Waals surface area (Å²) >= 11 is 7.09. The average molecular weight is 271 g/mol. The highest BCUT2D eigenvalue weighted by atomic mass is 35.5. The normalized spacial score (nSPS) is 16.6. The van der Waals surface area contributed by atoms with E-state index in [1.165, 1.54) is 11.3 Å². The Labute approximate surface area is 108 Å². The molecule has 1 amide bonds. The van der Waals surface area contributed by atoms with Crippen molar-refractivity contribution in [3.8, 4) is 0 Å². The van der Waals surface area contributed by atoms with Gasteiger partial charge in [0.25, 0.3) is 5.91 Å². The highest BCUT2D eigenvalue weighted by Gasteiger charge is 2.23. The first-order chi connectivity index (χ1) is 8.20. The van der Waals surface area contributed by atoms with Crippen LogP contribution in [0.5, 0.6) is 0 Å². The van der Waals surface area contributed by atoms with E-state index in [0.717, 1.165) is 12.8 Å². The first kappa shape index (κ1) is 12.2. The molecule has 7 heteroatoms. The van der Waals surface area contributed by atoms with Gasteiger partial charge in [-0.1, -0.05) is 16.7 Å². The van der Waals surface area contributed by atoms with Gasteiger partial charge in [0.1, 0.15) is 0 Å². The number of nitrogens with zero attached hydrogens (tertiary/aromatic N) is 4. The molecule has 0 bridgehead atoms. The summed E-state index contributed by atoms with van der Waals surface area (Å²) in [6.45, 7) is 1.27. The minimum atomic E-state index is 0.0151. The Kier molecular flexibility index (Phi) is 3.89. The minimum Gasteiger partial charge on any atom is -0.338 e. The molecule has 0 spiro atoms. The van der Waals surface area contributed by atoms with E-state index >= 15 is 0 Å². The van der Waals surface area contributed by atoms with E-state index in [1.54, 1.807) is 17.0 Å². The van der Waals surface area contributed by atoms with Gasteiger partial charge in [0.2, 0.25) is 0 Å². The maximum Gasteiger partial charge on any atom is 0.263 e. The SMILES string of the molecule is [N-]=[N+]=NC1CCN(C(=O)c2ccc(Cl)s2)CC1. The molecule has 0 N–H and O–H groups in total. The topological polar surface area (TPSA) is 69.1 Å². The lowest BCUT2D eigenvalue weighted by Gasteiger charge is -2.29. The molecule has 5 nitrogen and oxygen atoms in total. The average Bonchev–Trinajstić information content (AvgIpc) is 2.76. The van der Waals surface area contributed by atoms with Crippen LogP contribution < -0.4 is 0 Å². The first-order valence-corrected chi connectivity index (χ1v) is 6.49. The Bertz CT molecular complexity index is 461. The number of carbonyl (C=O) groups excluding carboxylic acids is 1. The minimum absolute atomic E-state index is 0.0151. The molecule has 2 rings (SSSR count). The second-order valence-electron chi connectivity index (χ2n) is 3.83. The predicted molar refractivity (Wildman–Crippen MR) is 67.4 cm³/mol. The van der Waals surface area contributed by atoms with Gasteiger partial charge in [0.05, 0.1) is 9.21 Å². The monoisotopic (exact) mass is 270 g/mol. The van der Waals surface area contributed by atoms with Crippen molar-refractivity contribution in [2.75, 3.05) is 13.1 Å². The number of hydrogen-bond donors (Lipinski definition) is 0. The molecule has 0 radical (unpaired) electrons. The Morgan fingerprint density at radius 2 is 2.24 bits per heavy atom. The molecule has 0 atom stereocenters. The largest absolute Gasteiger partial charge is 0.338 e. The molecule has 1 saturated heterocycles. The summed E-state index contributed by atoms with van der Waals surface area (Å²) in [6, 6.07) is 3.50. The van der Waals surface area contributed by atoms with E-state index in [1.807, 2.05) is 0 Å². The Morgan fingerprint density at radius 1 is 1.53 bits per heavy atom. The molecule has 0 saturated carbocycles. The van der Waals surface area contributed by atoms with Crippen molar-refractivity contribution < 1.29 is 4.79 Å². The van der Waals surface area contributed by atoms with Crippen molar-refractivity contribution in [2.24, 2.45) is 5.11 Å². The van der Waals surface area contributed by atoms with Gasteiger partial charge in [-0.25, -0.2) is 0 Å². The zero-order valence-electron chi connectivity index (χ0n) is 9.04. The fourth-order valence-electron chi connectivity index (χ4n) is 1.84. The molecule has 1 aromatic rings. The maximum atomic E-state index is 12.1. The van der Waals surface area contributed by atoms with E-state index in [4.69, 9.17) is 17.1 Å². The van der Waals surface area contributed by atoms with Crippen molar-refractivity contribution in [1.82, 2.24) is 4.90 Å². The van der Waals surface area contributed by atoms with Crippen molar-refractivity contribution in [3.63, 3.8) is 0 Å². The first-order valence-electron chi connectivity index (χ1n) is 5.29. The lowest BCUT2D eigenvalue weighted by molar-refractivity contribution is 0.0719. The Hall–Kier alpha value is -1.23. The molecular weight excluding hydrogens is 260 g/mol. The van der Waals surface area contributed by atoms with Crippen molar-refractivity contribution >= 4 is 28.8 Å². The highest BCUT2D eigenvalue weighted by molar-refractivity contribution is 7.17. The molecule has 17 heavy (non-hydrogen) atoms. The number of azide groups is 1. The number of piperidine rings is 1. The molecule has 90 valence electrons. The Morgan fingerprint density at radius 3 is 2.76 bits per heavy atom. The summed E-state index contributed by atoms with van der Waals surface area (Å²) in [6.07, 6.45) is 1.46. The van der Waals surface area contributed by atoms with E-state index in [-0.39, 0.29) is 11.9 Å². The quantitative estimate of drug-likeness (QED) is 0.462. The molecule has 0 aliphatic carbocycles. The van der Waals surface area contributed by atoms with Crippen LogP contribution in [0.25, 0.3) is 10.4 Å². The second kappa shape index (κ2) is 5.40. The van der Waals surface area contributed by atoms with Crippen LogP contribution in [0.15, 0.2) is 17.2 Å². The third kappa shape index (κ3) is 2.91. The van der Waals surface area contributed by atoms with Crippen LogP contribution in [0.2, 0.25) is 4.34 Å². The molecule has 0 aromatic carbocycles. The van der Waals surface area contributed by atoms with Gasteiger partial charge in [-0.2, -0.15) is 0 Å². The molecule has 1 aromatic heterocycles. The number of halogens is 1. The number of hydrogen-bond acceptors (Lipinski definition) is 3. The molecule has 1 aliphatic rings. The van der Waals surface area contributed by atoms with Gasteiger partial charge in [0, 0.05) is 24.0 Å². The lowest BCUT2D eigenvalue weighted by atomic mass is 10.1. The number of rotatable bonds is 2. The molecule has 0 unspecified atom stereocenters. The third-order valence-electron chi connectivity index (χ3n) is 2.75. The summed E-state index contributed by atoms with van der Waals surface area (Å²) in [5.74, 6) is 0.0151. The zero-order valence-corrected chi connectivity index (χ0v) is 10.6. The highest BCUT2D eigenvalue weighted by Crippen LogP contribution is 2.24. The lowest BCUT2D eigenvalue weighted by Crippen LogP contribution is -2.39. The number of amides is 1. The third-order valence-corrected chi connectivity index (χ3v) is 3.97. The summed E-state index contributed by atoms with van der Waals surface area (Å²) in [7, 11) is 0. The van der Waals surface area contributed by atoms with Crippen LogP contribution in [0.4, 0.5) is 0 Å². The van der Waals surface area contributed by atoms with E-state index in [0.29, 0.717) is 22.3 Å². The number of thiophene rings is 1. The Balaban J connectivity index is 1.97. The van der Waals surface area contributed by atoms with Gasteiger partial charge >= 0.3 is 0 Å². The van der Waals surface area contributed by atoms with Crippen LogP contribution in [0.3, 0.4) is 0 Å². The summed E-state index contributed by atoms with van der Waals surface area (Å²) in [5.41, 5.74) is 8.34. The van der Waals surface area contributed by atoms with E-state index in [9.17, 15) is 4.79 Å². The summed E-state index contributed by atoms with van der Waals surface area (Å²) < 4.78 is 0.623. The summed E-state index contributed by atoms with van der Waals surface area (Å²) in [5, 5.41) is 3.68. The second-order valence-corrected chi connectivity index (χ2v) is 5.55. The van der Waals surface area contributed by atoms with Gasteiger partial charge in [0.15, 0.2) is 0 Å². The van der Waals surface area contributed by atoms with Gasteiger partial charge < -0.3 is 4.90 Å². The van der Waals surface area contributed by atoms with Crippen LogP contribution in [0.1, 0.15) is 22.5 Å². The van der Waals surface area contributed by atoms with Crippen molar-refractivity contribution in [2.45, 2.75) is 18.9 Å². The smallest absolute Gasteiger partial charge is 0.263 e. The van der Waals surface area contributed by atoms with Gasteiger partial charge in [-0.05, 0) is 30.5 Å². The molecule has 1 fully saturated rings. The standard InChI is InChI=1S/C10H11ClN4OS/c11-9-2-1-8(17-9)10(16)15-5-3-7(4-6-15)13-14-12/h1-2,7H,3-6H2. The van der Waals surface area contributed by atoms with Crippen LogP contribution in [-0.2, 0) is 0 Å². The van der Waals surface area contributed by atoms with Crippen LogP contribution >= 0.6 is 22.9 Å². The van der Waals surface area contributed by atoms with E-state index in [2.05, 4.69) is 10.0 Å². The molecular formula is C10H11ClN4OS. The number of carbonyl (C=O) groups is 1. The van der Waals surface area contributed by atoms with Crippen molar-refractivity contribution in [1.29, 1.82) is 0 Å². The van der Waals surface area contributed by atoms with E-state index < -0.39 is 0 Å². The van der Waals surface area contributed by atoms with Crippen LogP contribution in [-0.4, -0.2) is 29.9 Å². The fraction of sp³-hybridized carbons (Fsp3) is 0.500.